The molecular weight excluding hydrogens is 304 g/mol. The van der Waals surface area contributed by atoms with E-state index in [4.69, 9.17) is 25.5 Å². The minimum Gasteiger partial charge on any atom is -0.496 e. The molecule has 0 saturated carbocycles. The maximum atomic E-state index is 12.5. The molecule has 0 bridgehead atoms. The lowest BCUT2D eigenvalue weighted by Crippen LogP contribution is -1.98. The van der Waals surface area contributed by atoms with Crippen molar-refractivity contribution in [2.24, 2.45) is 0 Å². The minimum atomic E-state index is -0.214. The zero-order valence-corrected chi connectivity index (χ0v) is 12.8. The molecule has 0 saturated heterocycles. The molecule has 0 fully saturated rings. The van der Waals surface area contributed by atoms with E-state index < -0.39 is 0 Å². The van der Waals surface area contributed by atoms with Crippen LogP contribution in [0.5, 0.6) is 11.5 Å². The van der Waals surface area contributed by atoms with E-state index in [0.717, 1.165) is 5.39 Å². The van der Waals surface area contributed by atoms with Gasteiger partial charge in [-0.05, 0) is 30.3 Å². The molecule has 0 radical (unpaired) electrons. The second-order valence-electron chi connectivity index (χ2n) is 4.69. The van der Waals surface area contributed by atoms with Crippen LogP contribution in [-0.4, -0.2) is 20.0 Å². The number of ketones is 1. The summed E-state index contributed by atoms with van der Waals surface area (Å²) >= 11 is 5.83. The quantitative estimate of drug-likeness (QED) is 0.672. The fourth-order valence-electron chi connectivity index (χ4n) is 2.22. The van der Waals surface area contributed by atoms with Crippen molar-refractivity contribution in [3.8, 4) is 11.5 Å². The van der Waals surface area contributed by atoms with E-state index in [9.17, 15) is 4.79 Å². The molecule has 0 aliphatic heterocycles. The minimum absolute atomic E-state index is 0.214. The van der Waals surface area contributed by atoms with Crippen LogP contribution in [0.2, 0.25) is 5.02 Å². The Morgan fingerprint density at radius 2 is 1.77 bits per heavy atom. The number of ether oxygens (including phenoxy) is 2. The fraction of sp³-hybridized carbons (Fsp3) is 0.118. The third-order valence-corrected chi connectivity index (χ3v) is 3.61. The zero-order chi connectivity index (χ0) is 15.7. The Morgan fingerprint density at radius 3 is 2.41 bits per heavy atom. The summed E-state index contributed by atoms with van der Waals surface area (Å²) in [6, 6.07) is 11.8. The smallest absolute Gasteiger partial charge is 0.228 e. The van der Waals surface area contributed by atoms with Gasteiger partial charge in [-0.15, -0.1) is 0 Å². The Bertz CT molecular complexity index is 834. The van der Waals surface area contributed by atoms with E-state index in [2.05, 4.69) is 0 Å². The highest BCUT2D eigenvalue weighted by Crippen LogP contribution is 2.34. The largest absolute Gasteiger partial charge is 0.496 e. The maximum Gasteiger partial charge on any atom is 0.228 e. The molecule has 0 unspecified atom stereocenters. The standard InChI is InChI=1S/C17H13ClO4/c1-20-12-7-14(21-2)13-9-16(22-15(13)8-12)17(19)10-3-5-11(18)6-4-10/h3-9H,1-2H3. The van der Waals surface area contributed by atoms with Gasteiger partial charge in [0.25, 0.3) is 0 Å². The van der Waals surface area contributed by atoms with Gasteiger partial charge in [0.2, 0.25) is 5.78 Å². The van der Waals surface area contributed by atoms with Crippen LogP contribution < -0.4 is 9.47 Å². The van der Waals surface area contributed by atoms with Crippen molar-refractivity contribution in [1.29, 1.82) is 0 Å². The van der Waals surface area contributed by atoms with Crippen LogP contribution in [0.1, 0.15) is 16.1 Å². The van der Waals surface area contributed by atoms with Gasteiger partial charge in [-0.1, -0.05) is 11.6 Å². The molecule has 3 rings (SSSR count). The Hall–Kier alpha value is -2.46. The van der Waals surface area contributed by atoms with Crippen molar-refractivity contribution in [2.75, 3.05) is 14.2 Å². The number of methoxy groups -OCH3 is 2. The fourth-order valence-corrected chi connectivity index (χ4v) is 2.35. The average Bonchev–Trinajstić information content (AvgIpc) is 2.97. The van der Waals surface area contributed by atoms with E-state index >= 15 is 0 Å². The lowest BCUT2D eigenvalue weighted by Gasteiger charge is -2.04. The van der Waals surface area contributed by atoms with Gasteiger partial charge >= 0.3 is 0 Å². The Kier molecular flexibility index (Phi) is 3.77. The first-order valence-corrected chi connectivity index (χ1v) is 6.96. The molecule has 2 aromatic carbocycles. The molecule has 4 nitrogen and oxygen atoms in total. The van der Waals surface area contributed by atoms with Crippen molar-refractivity contribution in [3.05, 3.63) is 58.8 Å². The molecule has 0 spiro atoms. The Labute approximate surface area is 132 Å². The predicted octanol–water partition coefficient (Wildman–Crippen LogP) is 4.33. The third-order valence-electron chi connectivity index (χ3n) is 3.36. The normalized spacial score (nSPS) is 10.7. The Morgan fingerprint density at radius 1 is 1.05 bits per heavy atom. The van der Waals surface area contributed by atoms with E-state index in [1.165, 1.54) is 0 Å². The van der Waals surface area contributed by atoms with Crippen molar-refractivity contribution >= 4 is 28.4 Å². The monoisotopic (exact) mass is 316 g/mol. The number of fused-ring (bicyclic) bond motifs is 1. The molecule has 0 aliphatic rings. The van der Waals surface area contributed by atoms with Crippen molar-refractivity contribution in [2.45, 2.75) is 0 Å². The highest BCUT2D eigenvalue weighted by Gasteiger charge is 2.17. The number of rotatable bonds is 4. The SMILES string of the molecule is COc1cc(OC)c2cc(C(=O)c3ccc(Cl)cc3)oc2c1. The lowest BCUT2D eigenvalue weighted by atomic mass is 10.1. The third kappa shape index (κ3) is 2.53. The second-order valence-corrected chi connectivity index (χ2v) is 5.12. The molecule has 0 amide bonds. The number of furan rings is 1. The zero-order valence-electron chi connectivity index (χ0n) is 12.1. The molecule has 0 aliphatic carbocycles. The molecule has 112 valence electrons. The predicted molar refractivity (Wildman–Crippen MR) is 84.2 cm³/mol. The summed E-state index contributed by atoms with van der Waals surface area (Å²) in [5.74, 6) is 1.22. The maximum absolute atomic E-state index is 12.5. The van der Waals surface area contributed by atoms with Crippen molar-refractivity contribution < 1.29 is 18.7 Å². The molecule has 0 atom stereocenters. The summed E-state index contributed by atoms with van der Waals surface area (Å²) in [6.45, 7) is 0. The van der Waals surface area contributed by atoms with Gasteiger partial charge < -0.3 is 13.9 Å². The van der Waals surface area contributed by atoms with Crippen molar-refractivity contribution in [3.63, 3.8) is 0 Å². The summed E-state index contributed by atoms with van der Waals surface area (Å²) in [4.78, 5) is 12.5. The van der Waals surface area contributed by atoms with Gasteiger partial charge in [0, 0.05) is 22.7 Å². The number of benzene rings is 2. The van der Waals surface area contributed by atoms with Crippen LogP contribution in [0.15, 0.2) is 46.9 Å². The van der Waals surface area contributed by atoms with E-state index in [0.29, 0.717) is 27.7 Å². The average molecular weight is 317 g/mol. The topological polar surface area (TPSA) is 48.7 Å². The lowest BCUT2D eigenvalue weighted by molar-refractivity contribution is 0.101. The van der Waals surface area contributed by atoms with Gasteiger partial charge in [-0.25, -0.2) is 0 Å². The van der Waals surface area contributed by atoms with Crippen LogP contribution >= 0.6 is 11.6 Å². The van der Waals surface area contributed by atoms with Gasteiger partial charge in [0.1, 0.15) is 17.1 Å². The van der Waals surface area contributed by atoms with E-state index in [1.54, 1.807) is 56.7 Å². The Balaban J connectivity index is 2.08. The first-order chi connectivity index (χ1) is 10.6. The van der Waals surface area contributed by atoms with Crippen LogP contribution in [0, 0.1) is 0 Å². The molecule has 5 heteroatoms. The second kappa shape index (κ2) is 5.73. The molecule has 1 aromatic heterocycles. The number of hydrogen-bond acceptors (Lipinski definition) is 4. The van der Waals surface area contributed by atoms with Gasteiger partial charge in [0.05, 0.1) is 19.6 Å². The molecule has 1 heterocycles. The number of hydrogen-bond donors (Lipinski definition) is 0. The summed E-state index contributed by atoms with van der Waals surface area (Å²) in [6.07, 6.45) is 0. The van der Waals surface area contributed by atoms with Crippen LogP contribution in [-0.2, 0) is 0 Å². The number of carbonyl (C=O) groups is 1. The van der Waals surface area contributed by atoms with Crippen LogP contribution in [0.4, 0.5) is 0 Å². The number of carbonyl (C=O) groups excluding carboxylic acids is 1. The number of halogens is 1. The van der Waals surface area contributed by atoms with Crippen molar-refractivity contribution in [1.82, 2.24) is 0 Å². The van der Waals surface area contributed by atoms with E-state index in [-0.39, 0.29) is 11.5 Å². The molecular formula is C17H13ClO4. The van der Waals surface area contributed by atoms with Gasteiger partial charge in [0.15, 0.2) is 5.76 Å². The summed E-state index contributed by atoms with van der Waals surface area (Å²) in [5.41, 5.74) is 1.04. The molecule has 22 heavy (non-hydrogen) atoms. The van der Waals surface area contributed by atoms with E-state index in [1.807, 2.05) is 0 Å². The molecule has 3 aromatic rings. The summed E-state index contributed by atoms with van der Waals surface area (Å²) in [7, 11) is 3.12. The summed E-state index contributed by atoms with van der Waals surface area (Å²) < 4.78 is 16.2. The first-order valence-electron chi connectivity index (χ1n) is 6.58. The van der Waals surface area contributed by atoms with Gasteiger partial charge in [-0.2, -0.15) is 0 Å². The first kappa shape index (κ1) is 14.5. The molecule has 0 N–H and O–H groups in total. The van der Waals surface area contributed by atoms with Crippen LogP contribution in [0.3, 0.4) is 0 Å². The summed E-state index contributed by atoms with van der Waals surface area (Å²) in [5, 5.41) is 1.30. The van der Waals surface area contributed by atoms with Crippen LogP contribution in [0.25, 0.3) is 11.0 Å². The van der Waals surface area contributed by atoms with Gasteiger partial charge in [-0.3, -0.25) is 4.79 Å². The highest BCUT2D eigenvalue weighted by molar-refractivity contribution is 6.30. The highest BCUT2D eigenvalue weighted by atomic mass is 35.5.